The Morgan fingerprint density at radius 1 is 0.923 bits per heavy atom. The van der Waals surface area contributed by atoms with E-state index in [9.17, 15) is 0 Å². The number of ether oxygens (including phenoxy) is 3. The molecule has 4 rings (SSSR count). The molecule has 0 unspecified atom stereocenters. The van der Waals surface area contributed by atoms with E-state index in [-0.39, 0.29) is 0 Å². The molecule has 0 aliphatic heterocycles. The second kappa shape index (κ2) is 6.22. The summed E-state index contributed by atoms with van der Waals surface area (Å²) in [6.45, 7) is 0. The molecule has 6 heteroatoms. The summed E-state index contributed by atoms with van der Waals surface area (Å²) in [6.07, 6.45) is 5.46. The Morgan fingerprint density at radius 3 is 2.31 bits per heavy atom. The quantitative estimate of drug-likeness (QED) is 0.561. The SMILES string of the molecule is COc1cc(-c2cc3ncncc3c3ccn(C)c23)cc(OC)c1OC. The van der Waals surface area contributed by atoms with E-state index < -0.39 is 0 Å². The zero-order valence-electron chi connectivity index (χ0n) is 15.1. The Balaban J connectivity index is 2.09. The van der Waals surface area contributed by atoms with Crippen molar-refractivity contribution < 1.29 is 14.2 Å². The molecule has 0 aliphatic carbocycles. The lowest BCUT2D eigenvalue weighted by atomic mass is 9.99. The summed E-state index contributed by atoms with van der Waals surface area (Å²) < 4.78 is 18.6. The standard InChI is InChI=1S/C20H19N3O3/c1-23-6-5-13-15-10-21-11-22-16(15)9-14(19(13)23)12-7-17(24-2)20(26-4)18(8-12)25-3/h5-11H,1-4H3. The van der Waals surface area contributed by atoms with Crippen LogP contribution in [0.4, 0.5) is 0 Å². The molecule has 0 spiro atoms. The van der Waals surface area contributed by atoms with Gasteiger partial charge in [0, 0.05) is 35.8 Å². The van der Waals surface area contributed by atoms with Crippen LogP contribution in [-0.2, 0) is 7.05 Å². The van der Waals surface area contributed by atoms with E-state index in [0.29, 0.717) is 17.2 Å². The smallest absolute Gasteiger partial charge is 0.203 e. The highest BCUT2D eigenvalue weighted by Gasteiger charge is 2.18. The van der Waals surface area contributed by atoms with Crippen molar-refractivity contribution in [2.75, 3.05) is 21.3 Å². The van der Waals surface area contributed by atoms with Crippen molar-refractivity contribution in [2.45, 2.75) is 0 Å². The molecule has 0 amide bonds. The maximum atomic E-state index is 5.51. The first-order valence-electron chi connectivity index (χ1n) is 8.16. The van der Waals surface area contributed by atoms with Crippen molar-refractivity contribution >= 4 is 21.8 Å². The Bertz CT molecular complexity index is 1090. The van der Waals surface area contributed by atoms with Crippen LogP contribution in [0.5, 0.6) is 17.2 Å². The van der Waals surface area contributed by atoms with Crippen molar-refractivity contribution in [3.05, 3.63) is 43.0 Å². The third kappa shape index (κ3) is 2.34. The molecule has 2 aromatic heterocycles. The maximum absolute atomic E-state index is 5.51. The van der Waals surface area contributed by atoms with Crippen LogP contribution in [0.15, 0.2) is 43.0 Å². The predicted molar refractivity (Wildman–Crippen MR) is 101 cm³/mol. The van der Waals surface area contributed by atoms with Gasteiger partial charge in [-0.1, -0.05) is 0 Å². The molecule has 0 radical (unpaired) electrons. The molecule has 0 fully saturated rings. The van der Waals surface area contributed by atoms with Gasteiger partial charge in [-0.05, 0) is 29.8 Å². The minimum absolute atomic E-state index is 0.574. The fraction of sp³-hybridized carbons (Fsp3) is 0.200. The molecule has 4 aromatic rings. The van der Waals surface area contributed by atoms with Gasteiger partial charge in [-0.3, -0.25) is 0 Å². The van der Waals surface area contributed by atoms with Gasteiger partial charge in [0.05, 0.1) is 32.4 Å². The third-order valence-electron chi connectivity index (χ3n) is 4.62. The van der Waals surface area contributed by atoms with Crippen LogP contribution in [0.2, 0.25) is 0 Å². The highest BCUT2D eigenvalue weighted by Crippen LogP contribution is 2.43. The molecule has 0 N–H and O–H groups in total. The van der Waals surface area contributed by atoms with Crippen molar-refractivity contribution in [3.8, 4) is 28.4 Å². The average molecular weight is 349 g/mol. The molecular formula is C20H19N3O3. The molecule has 2 heterocycles. The van der Waals surface area contributed by atoms with Gasteiger partial charge in [-0.2, -0.15) is 0 Å². The monoisotopic (exact) mass is 349 g/mol. The summed E-state index contributed by atoms with van der Waals surface area (Å²) in [7, 11) is 6.86. The van der Waals surface area contributed by atoms with Gasteiger partial charge in [0.25, 0.3) is 0 Å². The number of aryl methyl sites for hydroxylation is 1. The predicted octanol–water partition coefficient (Wildman–Crippen LogP) is 3.81. The lowest BCUT2D eigenvalue weighted by molar-refractivity contribution is 0.324. The summed E-state index contributed by atoms with van der Waals surface area (Å²) in [5, 5.41) is 2.13. The van der Waals surface area contributed by atoms with Crippen molar-refractivity contribution in [1.82, 2.24) is 14.5 Å². The van der Waals surface area contributed by atoms with Crippen LogP contribution in [0, 0.1) is 0 Å². The van der Waals surface area contributed by atoms with E-state index in [1.165, 1.54) is 0 Å². The highest BCUT2D eigenvalue weighted by atomic mass is 16.5. The summed E-state index contributed by atoms with van der Waals surface area (Å²) in [5.74, 6) is 1.81. The normalized spacial score (nSPS) is 11.1. The van der Waals surface area contributed by atoms with Crippen molar-refractivity contribution in [3.63, 3.8) is 0 Å². The topological polar surface area (TPSA) is 58.4 Å². The van der Waals surface area contributed by atoms with E-state index in [0.717, 1.165) is 32.9 Å². The fourth-order valence-corrected chi connectivity index (χ4v) is 3.41. The minimum Gasteiger partial charge on any atom is -0.493 e. The largest absolute Gasteiger partial charge is 0.493 e. The maximum Gasteiger partial charge on any atom is 0.203 e. The number of benzene rings is 2. The number of hydrogen-bond donors (Lipinski definition) is 0. The van der Waals surface area contributed by atoms with Crippen LogP contribution < -0.4 is 14.2 Å². The number of hydrogen-bond acceptors (Lipinski definition) is 5. The molecule has 132 valence electrons. The number of methoxy groups -OCH3 is 3. The van der Waals surface area contributed by atoms with E-state index >= 15 is 0 Å². The third-order valence-corrected chi connectivity index (χ3v) is 4.62. The van der Waals surface area contributed by atoms with Gasteiger partial charge in [-0.25, -0.2) is 9.97 Å². The minimum atomic E-state index is 0.574. The van der Waals surface area contributed by atoms with Crippen LogP contribution in [0.3, 0.4) is 0 Å². The number of aromatic nitrogens is 3. The summed E-state index contributed by atoms with van der Waals surface area (Å²) >= 11 is 0. The number of rotatable bonds is 4. The second-order valence-electron chi connectivity index (χ2n) is 5.98. The molecule has 26 heavy (non-hydrogen) atoms. The first-order valence-corrected chi connectivity index (χ1v) is 8.16. The average Bonchev–Trinajstić information content (AvgIpc) is 3.08. The van der Waals surface area contributed by atoms with Gasteiger partial charge in [0.2, 0.25) is 5.75 Å². The molecule has 0 saturated heterocycles. The molecule has 6 nitrogen and oxygen atoms in total. The van der Waals surface area contributed by atoms with Gasteiger partial charge in [0.1, 0.15) is 6.33 Å². The second-order valence-corrected chi connectivity index (χ2v) is 5.98. The Labute approximate surface area is 151 Å². The lowest BCUT2D eigenvalue weighted by Crippen LogP contribution is -1.97. The van der Waals surface area contributed by atoms with Crippen LogP contribution in [0.1, 0.15) is 0 Å². The summed E-state index contributed by atoms with van der Waals surface area (Å²) in [5.41, 5.74) is 3.99. The van der Waals surface area contributed by atoms with Crippen molar-refractivity contribution in [2.24, 2.45) is 7.05 Å². The van der Waals surface area contributed by atoms with Crippen molar-refractivity contribution in [1.29, 1.82) is 0 Å². The lowest BCUT2D eigenvalue weighted by Gasteiger charge is -2.15. The number of fused-ring (bicyclic) bond motifs is 3. The van der Waals surface area contributed by atoms with Gasteiger partial charge < -0.3 is 18.8 Å². The first-order chi connectivity index (χ1) is 12.7. The Morgan fingerprint density at radius 2 is 1.65 bits per heavy atom. The zero-order chi connectivity index (χ0) is 18.3. The first kappa shape index (κ1) is 16.2. The van der Waals surface area contributed by atoms with E-state index in [4.69, 9.17) is 14.2 Å². The van der Waals surface area contributed by atoms with Gasteiger partial charge in [-0.15, -0.1) is 0 Å². The van der Waals surface area contributed by atoms with E-state index in [1.54, 1.807) is 27.7 Å². The molecule has 0 bridgehead atoms. The Kier molecular flexibility index (Phi) is 3.88. The summed E-state index contributed by atoms with van der Waals surface area (Å²) in [6, 6.07) is 8.06. The molecule has 2 aromatic carbocycles. The van der Waals surface area contributed by atoms with E-state index in [2.05, 4.69) is 26.7 Å². The van der Waals surface area contributed by atoms with Crippen LogP contribution in [-0.4, -0.2) is 35.9 Å². The van der Waals surface area contributed by atoms with Gasteiger partial charge >= 0.3 is 0 Å². The van der Waals surface area contributed by atoms with Crippen LogP contribution in [0.25, 0.3) is 32.9 Å². The molecular weight excluding hydrogens is 330 g/mol. The van der Waals surface area contributed by atoms with Crippen LogP contribution >= 0.6 is 0 Å². The Hall–Kier alpha value is -3.28. The number of nitrogens with zero attached hydrogens (tertiary/aromatic N) is 3. The zero-order valence-corrected chi connectivity index (χ0v) is 15.1. The van der Waals surface area contributed by atoms with Gasteiger partial charge in [0.15, 0.2) is 11.5 Å². The molecule has 0 saturated carbocycles. The molecule has 0 aliphatic rings. The van der Waals surface area contributed by atoms with E-state index in [1.807, 2.05) is 31.6 Å². The fourth-order valence-electron chi connectivity index (χ4n) is 3.41. The highest BCUT2D eigenvalue weighted by molar-refractivity contribution is 6.11. The summed E-state index contributed by atoms with van der Waals surface area (Å²) in [4.78, 5) is 8.61. The molecule has 0 atom stereocenters.